The van der Waals surface area contributed by atoms with Gasteiger partial charge in [-0.05, 0) is 42.3 Å². The maximum atomic E-state index is 14.0. The maximum absolute atomic E-state index is 14.0. The van der Waals surface area contributed by atoms with E-state index in [1.165, 1.54) is 10.5 Å². The average molecular weight is 536 g/mol. The minimum atomic E-state index is -0.389. The lowest BCUT2D eigenvalue weighted by Crippen LogP contribution is -2.42. The van der Waals surface area contributed by atoms with Crippen molar-refractivity contribution in [2.24, 2.45) is 0 Å². The molecule has 4 nitrogen and oxygen atoms in total. The molecule has 0 amide bonds. The Kier molecular flexibility index (Phi) is 6.60. The van der Waals surface area contributed by atoms with Crippen LogP contribution in [0.5, 0.6) is 0 Å². The molecule has 190 valence electrons. The molecule has 2 aliphatic heterocycles. The highest BCUT2D eigenvalue weighted by Gasteiger charge is 2.28. The number of fused-ring (bicyclic) bond motifs is 1. The zero-order chi connectivity index (χ0) is 26.1. The molecule has 6 rings (SSSR count). The highest BCUT2D eigenvalue weighted by Crippen LogP contribution is 2.44. The summed E-state index contributed by atoms with van der Waals surface area (Å²) in [5.74, 6) is 0. The SMILES string of the molecule is CN1/C(=c2\s/c(=C\C3(C)C=CC=CN3Cc3ccccc3)n(Cc3ccccc3)c2=O)Sc2ccccc21. The number of hydrogen-bond donors (Lipinski definition) is 0. The first-order valence-electron chi connectivity index (χ1n) is 12.7. The monoisotopic (exact) mass is 535 g/mol. The van der Waals surface area contributed by atoms with Gasteiger partial charge in [0.25, 0.3) is 5.56 Å². The van der Waals surface area contributed by atoms with Gasteiger partial charge in [0.1, 0.15) is 9.56 Å². The summed E-state index contributed by atoms with van der Waals surface area (Å²) >= 11 is 3.27. The van der Waals surface area contributed by atoms with Crippen LogP contribution in [0, 0.1) is 0 Å². The van der Waals surface area contributed by atoms with Crippen molar-refractivity contribution in [3.8, 4) is 0 Å². The molecule has 0 spiro atoms. The van der Waals surface area contributed by atoms with Crippen molar-refractivity contribution in [3.05, 3.63) is 140 Å². The third-order valence-corrected chi connectivity index (χ3v) is 9.55. The molecule has 6 heteroatoms. The second-order valence-corrected chi connectivity index (χ2v) is 11.8. The van der Waals surface area contributed by atoms with Crippen molar-refractivity contribution in [2.75, 3.05) is 11.9 Å². The fraction of sp³-hybridized carbons (Fsp3) is 0.156. The molecule has 0 N–H and O–H groups in total. The molecular formula is C32H29N3OS2. The smallest absolute Gasteiger partial charge is 0.272 e. The summed E-state index contributed by atoms with van der Waals surface area (Å²) in [6, 6.07) is 29.1. The summed E-state index contributed by atoms with van der Waals surface area (Å²) in [5, 5.41) is 0.994. The lowest BCUT2D eigenvalue weighted by molar-refractivity contribution is 0.269. The number of aromatic nitrogens is 1. The largest absolute Gasteiger partial charge is 0.361 e. The summed E-state index contributed by atoms with van der Waals surface area (Å²) in [6.45, 7) is 3.53. The quantitative estimate of drug-likeness (QED) is 0.343. The van der Waals surface area contributed by atoms with E-state index in [9.17, 15) is 4.79 Å². The Bertz CT molecular complexity index is 1700. The van der Waals surface area contributed by atoms with Gasteiger partial charge in [0.05, 0.1) is 22.4 Å². The van der Waals surface area contributed by atoms with Gasteiger partial charge in [-0.2, -0.15) is 0 Å². The van der Waals surface area contributed by atoms with Gasteiger partial charge in [0.2, 0.25) is 0 Å². The van der Waals surface area contributed by atoms with Crippen LogP contribution in [-0.4, -0.2) is 22.1 Å². The first kappa shape index (κ1) is 24.6. The number of hydrogen-bond acceptors (Lipinski definition) is 5. The highest BCUT2D eigenvalue weighted by molar-refractivity contribution is 8.08. The summed E-state index contributed by atoms with van der Waals surface area (Å²) in [5.41, 5.74) is 3.17. The molecule has 0 fully saturated rings. The predicted octanol–water partition coefficient (Wildman–Crippen LogP) is 5.39. The van der Waals surface area contributed by atoms with E-state index in [0.717, 1.165) is 32.0 Å². The predicted molar refractivity (Wildman–Crippen MR) is 161 cm³/mol. The van der Waals surface area contributed by atoms with Crippen LogP contribution in [0.3, 0.4) is 0 Å². The number of benzene rings is 3. The molecule has 0 radical (unpaired) electrons. The van der Waals surface area contributed by atoms with Crippen LogP contribution >= 0.6 is 23.1 Å². The van der Waals surface area contributed by atoms with E-state index in [1.54, 1.807) is 23.1 Å². The molecule has 0 saturated heterocycles. The fourth-order valence-corrected chi connectivity index (χ4v) is 7.45. The van der Waals surface area contributed by atoms with Gasteiger partial charge in [0, 0.05) is 24.7 Å². The van der Waals surface area contributed by atoms with Crippen LogP contribution in [0.1, 0.15) is 18.1 Å². The van der Waals surface area contributed by atoms with E-state index in [1.807, 2.05) is 34.9 Å². The van der Waals surface area contributed by atoms with E-state index >= 15 is 0 Å². The Labute approximate surface area is 231 Å². The van der Waals surface area contributed by atoms with Crippen molar-refractivity contribution in [3.63, 3.8) is 0 Å². The summed E-state index contributed by atoms with van der Waals surface area (Å²) in [4.78, 5) is 19.7. The fourth-order valence-electron chi connectivity index (χ4n) is 4.93. The van der Waals surface area contributed by atoms with Crippen molar-refractivity contribution < 1.29 is 0 Å². The van der Waals surface area contributed by atoms with Gasteiger partial charge in [-0.1, -0.05) is 96.7 Å². The summed E-state index contributed by atoms with van der Waals surface area (Å²) in [6.07, 6.45) is 10.8. The second kappa shape index (κ2) is 10.2. The average Bonchev–Trinajstić information content (AvgIpc) is 3.42. The number of anilines is 1. The molecule has 1 aromatic heterocycles. The molecule has 3 heterocycles. The third kappa shape index (κ3) is 4.66. The van der Waals surface area contributed by atoms with Crippen molar-refractivity contribution >= 4 is 39.9 Å². The Morgan fingerprint density at radius 1 is 0.842 bits per heavy atom. The van der Waals surface area contributed by atoms with Gasteiger partial charge in [-0.15, -0.1) is 11.3 Å². The van der Waals surface area contributed by atoms with Gasteiger partial charge >= 0.3 is 0 Å². The van der Waals surface area contributed by atoms with Gasteiger partial charge in [-0.3, -0.25) is 9.36 Å². The molecule has 1 unspecified atom stereocenters. The molecule has 0 aliphatic carbocycles. The van der Waals surface area contributed by atoms with Crippen LogP contribution in [0.15, 0.2) is 119 Å². The number of para-hydroxylation sites is 1. The lowest BCUT2D eigenvalue weighted by atomic mass is 9.96. The molecule has 0 bridgehead atoms. The second-order valence-electron chi connectivity index (χ2n) is 9.76. The molecule has 0 saturated carbocycles. The van der Waals surface area contributed by atoms with E-state index < -0.39 is 0 Å². The van der Waals surface area contributed by atoms with Gasteiger partial charge in [-0.25, -0.2) is 0 Å². The summed E-state index contributed by atoms with van der Waals surface area (Å²) in [7, 11) is 2.05. The van der Waals surface area contributed by atoms with E-state index in [0.29, 0.717) is 6.54 Å². The van der Waals surface area contributed by atoms with E-state index in [2.05, 4.69) is 109 Å². The Balaban J connectivity index is 1.50. The molecule has 38 heavy (non-hydrogen) atoms. The van der Waals surface area contributed by atoms with Crippen LogP contribution in [0.4, 0.5) is 5.69 Å². The van der Waals surface area contributed by atoms with Crippen molar-refractivity contribution in [2.45, 2.75) is 30.4 Å². The number of nitrogens with zero attached hydrogens (tertiary/aromatic N) is 3. The molecule has 1 atom stereocenters. The van der Waals surface area contributed by atoms with Crippen LogP contribution < -0.4 is 19.7 Å². The Hall–Kier alpha value is -3.74. The zero-order valence-corrected chi connectivity index (χ0v) is 23.1. The highest BCUT2D eigenvalue weighted by atomic mass is 32.2. The minimum Gasteiger partial charge on any atom is -0.361 e. The Morgan fingerprint density at radius 3 is 2.21 bits per heavy atom. The standard InChI is InChI=1S/C32H29N3OS2/c1-32(19-11-12-20-34(32)22-24-13-5-3-6-14-24)21-28-35(23-25-15-7-4-8-16-25)30(36)29(38-28)31-33(2)26-17-9-10-18-27(26)37-31/h3-21H,22-23H2,1-2H3/b28-21-,31-29+. The molecular weight excluding hydrogens is 507 g/mol. The van der Waals surface area contributed by atoms with Crippen LogP contribution in [0.25, 0.3) is 11.1 Å². The maximum Gasteiger partial charge on any atom is 0.272 e. The number of thiazole rings is 1. The molecule has 4 aromatic rings. The van der Waals surface area contributed by atoms with Crippen molar-refractivity contribution in [1.29, 1.82) is 0 Å². The number of rotatable bonds is 5. The normalized spacial score (nSPS) is 20.3. The van der Waals surface area contributed by atoms with E-state index in [-0.39, 0.29) is 11.1 Å². The van der Waals surface area contributed by atoms with Gasteiger partial charge < -0.3 is 9.80 Å². The lowest BCUT2D eigenvalue weighted by Gasteiger charge is -2.38. The van der Waals surface area contributed by atoms with Gasteiger partial charge in [0.15, 0.2) is 0 Å². The zero-order valence-electron chi connectivity index (χ0n) is 21.5. The number of thioether (sulfide) groups is 1. The first-order chi connectivity index (χ1) is 18.5. The van der Waals surface area contributed by atoms with Crippen LogP contribution in [-0.2, 0) is 13.1 Å². The topological polar surface area (TPSA) is 28.5 Å². The Morgan fingerprint density at radius 2 is 1.50 bits per heavy atom. The van der Waals surface area contributed by atoms with Crippen LogP contribution in [0.2, 0.25) is 0 Å². The van der Waals surface area contributed by atoms with Crippen molar-refractivity contribution in [1.82, 2.24) is 9.47 Å². The first-order valence-corrected chi connectivity index (χ1v) is 14.3. The summed E-state index contributed by atoms with van der Waals surface area (Å²) < 4.78 is 3.69. The minimum absolute atomic E-state index is 0.0563. The molecule has 2 aliphatic rings. The third-order valence-electron chi connectivity index (χ3n) is 7.07. The van der Waals surface area contributed by atoms with E-state index in [4.69, 9.17) is 0 Å². The molecule has 3 aromatic carbocycles. The number of allylic oxidation sites excluding steroid dienone is 2.